The number of aliphatic carboxylic acids is 1. The minimum atomic E-state index is -0.991. The number of unbranched alkanes of at least 4 members (excludes halogenated alkanes) is 4. The summed E-state index contributed by atoms with van der Waals surface area (Å²) in [5.74, 6) is -1.35. The number of rotatable bonds is 10. The molecule has 0 saturated heterocycles. The Morgan fingerprint density at radius 3 is 2.64 bits per heavy atom. The zero-order valence-electron chi connectivity index (χ0n) is 12.6. The van der Waals surface area contributed by atoms with Crippen LogP contribution in [-0.2, 0) is 4.79 Å². The topological polar surface area (TPSA) is 66.4 Å². The molecule has 0 aliphatic rings. The lowest BCUT2D eigenvalue weighted by molar-refractivity contribution is -0.139. The monoisotopic (exact) mass is 367 g/mol. The summed E-state index contributed by atoms with van der Waals surface area (Å²) in [6, 6.07) is 6.05. The second kappa shape index (κ2) is 10.2. The fourth-order valence-corrected chi connectivity index (χ4v) is 2.52. The van der Waals surface area contributed by atoms with E-state index < -0.39 is 12.0 Å². The van der Waals surface area contributed by atoms with E-state index in [-0.39, 0.29) is 5.91 Å². The molecule has 0 unspecified atom stereocenters. The molecule has 0 aromatic heterocycles. The van der Waals surface area contributed by atoms with Gasteiger partial charge in [-0.25, -0.2) is 4.79 Å². The standard InChI is InChI=1S/C17H22BrNO3/c1-2-3-4-5-6-7-11-15(17(21)22)19-16(20)13-9-8-10-14(18)12-13/h2,8-10,12,15H,1,3-7,11H2,(H,19,20)(H,21,22)/t15-/m1/s1. The summed E-state index contributed by atoms with van der Waals surface area (Å²) in [6.07, 6.45) is 7.20. The lowest BCUT2D eigenvalue weighted by Crippen LogP contribution is -2.40. The second-order valence-corrected chi connectivity index (χ2v) is 6.07. The van der Waals surface area contributed by atoms with Crippen molar-refractivity contribution in [1.29, 1.82) is 0 Å². The zero-order valence-corrected chi connectivity index (χ0v) is 14.1. The first-order valence-electron chi connectivity index (χ1n) is 7.44. The minimum absolute atomic E-state index is 0.361. The quantitative estimate of drug-likeness (QED) is 0.481. The van der Waals surface area contributed by atoms with E-state index in [0.717, 1.165) is 36.6 Å². The van der Waals surface area contributed by atoms with Crippen LogP contribution in [0, 0.1) is 0 Å². The molecular weight excluding hydrogens is 346 g/mol. The van der Waals surface area contributed by atoms with Crippen molar-refractivity contribution in [3.8, 4) is 0 Å². The number of nitrogens with one attached hydrogen (secondary N) is 1. The van der Waals surface area contributed by atoms with E-state index >= 15 is 0 Å². The van der Waals surface area contributed by atoms with E-state index in [9.17, 15) is 14.7 Å². The lowest BCUT2D eigenvalue weighted by atomic mass is 10.1. The van der Waals surface area contributed by atoms with Crippen molar-refractivity contribution in [1.82, 2.24) is 5.32 Å². The number of carboxylic acids is 1. The summed E-state index contributed by atoms with van der Waals surface area (Å²) in [7, 11) is 0. The van der Waals surface area contributed by atoms with E-state index in [1.807, 2.05) is 12.1 Å². The second-order valence-electron chi connectivity index (χ2n) is 5.15. The average Bonchev–Trinajstić information content (AvgIpc) is 2.49. The number of halogens is 1. The van der Waals surface area contributed by atoms with E-state index in [1.165, 1.54) is 0 Å². The third kappa shape index (κ3) is 6.89. The predicted octanol–water partition coefficient (Wildman–Crippen LogP) is 4.16. The molecule has 0 saturated carbocycles. The van der Waals surface area contributed by atoms with Crippen LogP contribution >= 0.6 is 15.9 Å². The van der Waals surface area contributed by atoms with Crippen LogP contribution in [0.3, 0.4) is 0 Å². The van der Waals surface area contributed by atoms with Gasteiger partial charge in [-0.3, -0.25) is 4.79 Å². The SMILES string of the molecule is C=CCCCCCC[C@@H](NC(=O)c1cccc(Br)c1)C(=O)O. The van der Waals surface area contributed by atoms with Crippen molar-refractivity contribution < 1.29 is 14.7 Å². The molecule has 1 aromatic rings. The van der Waals surface area contributed by atoms with Gasteiger partial charge in [-0.1, -0.05) is 47.3 Å². The minimum Gasteiger partial charge on any atom is -0.480 e. The first-order chi connectivity index (χ1) is 10.5. The van der Waals surface area contributed by atoms with Crippen LogP contribution in [0.15, 0.2) is 41.4 Å². The van der Waals surface area contributed by atoms with Gasteiger partial charge < -0.3 is 10.4 Å². The van der Waals surface area contributed by atoms with Gasteiger partial charge in [0.25, 0.3) is 5.91 Å². The number of hydrogen-bond donors (Lipinski definition) is 2. The van der Waals surface area contributed by atoms with Gasteiger partial charge in [0.1, 0.15) is 6.04 Å². The highest BCUT2D eigenvalue weighted by molar-refractivity contribution is 9.10. The summed E-state index contributed by atoms with van der Waals surface area (Å²) in [5.41, 5.74) is 0.451. The van der Waals surface area contributed by atoms with E-state index in [4.69, 9.17) is 0 Å². The molecule has 0 bridgehead atoms. The highest BCUT2D eigenvalue weighted by atomic mass is 79.9. The molecule has 0 heterocycles. The molecule has 0 aliphatic carbocycles. The number of carbonyl (C=O) groups is 2. The van der Waals surface area contributed by atoms with Crippen LogP contribution in [-0.4, -0.2) is 23.0 Å². The molecule has 5 heteroatoms. The molecule has 4 nitrogen and oxygen atoms in total. The van der Waals surface area contributed by atoms with Crippen molar-refractivity contribution in [2.75, 3.05) is 0 Å². The molecule has 1 amide bonds. The van der Waals surface area contributed by atoms with E-state index in [0.29, 0.717) is 12.0 Å². The van der Waals surface area contributed by atoms with Gasteiger partial charge in [0.15, 0.2) is 0 Å². The molecule has 1 aromatic carbocycles. The Hall–Kier alpha value is -1.62. The van der Waals surface area contributed by atoms with Gasteiger partial charge in [0.05, 0.1) is 0 Å². The predicted molar refractivity (Wildman–Crippen MR) is 90.9 cm³/mol. The van der Waals surface area contributed by atoms with Gasteiger partial charge in [-0.15, -0.1) is 6.58 Å². The van der Waals surface area contributed by atoms with Crippen molar-refractivity contribution in [2.24, 2.45) is 0 Å². The Labute approximate surface area is 139 Å². The van der Waals surface area contributed by atoms with Gasteiger partial charge in [-0.2, -0.15) is 0 Å². The molecule has 0 aliphatic heterocycles. The third-order valence-corrected chi connectivity index (χ3v) is 3.83. The smallest absolute Gasteiger partial charge is 0.326 e. The molecule has 0 radical (unpaired) electrons. The Morgan fingerprint density at radius 1 is 1.27 bits per heavy atom. The Balaban J connectivity index is 2.45. The summed E-state index contributed by atoms with van der Waals surface area (Å²) < 4.78 is 0.786. The number of allylic oxidation sites excluding steroid dienone is 1. The maximum Gasteiger partial charge on any atom is 0.326 e. The Morgan fingerprint density at radius 2 is 2.00 bits per heavy atom. The van der Waals surface area contributed by atoms with Crippen LogP contribution in [0.2, 0.25) is 0 Å². The molecule has 0 spiro atoms. The largest absolute Gasteiger partial charge is 0.480 e. The molecule has 0 fully saturated rings. The normalized spacial score (nSPS) is 11.7. The van der Waals surface area contributed by atoms with Crippen LogP contribution < -0.4 is 5.32 Å². The first kappa shape index (κ1) is 18.4. The zero-order chi connectivity index (χ0) is 16.4. The molecular formula is C17H22BrNO3. The Bertz CT molecular complexity index is 516. The summed E-state index contributed by atoms with van der Waals surface area (Å²) in [4.78, 5) is 23.3. The highest BCUT2D eigenvalue weighted by Gasteiger charge is 2.20. The fraction of sp³-hybridized carbons (Fsp3) is 0.412. The summed E-state index contributed by atoms with van der Waals surface area (Å²) in [5, 5.41) is 11.8. The third-order valence-electron chi connectivity index (χ3n) is 3.34. The summed E-state index contributed by atoms with van der Waals surface area (Å²) >= 11 is 3.29. The summed E-state index contributed by atoms with van der Waals surface area (Å²) in [6.45, 7) is 3.67. The molecule has 2 N–H and O–H groups in total. The van der Waals surface area contributed by atoms with E-state index in [1.54, 1.807) is 18.2 Å². The van der Waals surface area contributed by atoms with Crippen molar-refractivity contribution >= 4 is 27.8 Å². The van der Waals surface area contributed by atoms with Gasteiger partial charge in [0.2, 0.25) is 0 Å². The number of amides is 1. The number of carbonyl (C=O) groups excluding carboxylic acids is 1. The van der Waals surface area contributed by atoms with Crippen LogP contribution in [0.25, 0.3) is 0 Å². The lowest BCUT2D eigenvalue weighted by Gasteiger charge is -2.14. The van der Waals surface area contributed by atoms with Gasteiger partial charge >= 0.3 is 5.97 Å². The number of benzene rings is 1. The highest BCUT2D eigenvalue weighted by Crippen LogP contribution is 2.13. The molecule has 1 atom stereocenters. The van der Waals surface area contributed by atoms with Crippen LogP contribution in [0.1, 0.15) is 48.9 Å². The maximum atomic E-state index is 12.1. The van der Waals surface area contributed by atoms with Crippen molar-refractivity contribution in [3.63, 3.8) is 0 Å². The molecule has 22 heavy (non-hydrogen) atoms. The fourth-order valence-electron chi connectivity index (χ4n) is 2.12. The van der Waals surface area contributed by atoms with Gasteiger partial charge in [0, 0.05) is 10.0 Å². The molecule has 1 rings (SSSR count). The first-order valence-corrected chi connectivity index (χ1v) is 8.24. The van der Waals surface area contributed by atoms with Crippen molar-refractivity contribution in [2.45, 2.75) is 44.6 Å². The van der Waals surface area contributed by atoms with Crippen LogP contribution in [0.5, 0.6) is 0 Å². The van der Waals surface area contributed by atoms with Crippen molar-refractivity contribution in [3.05, 3.63) is 47.0 Å². The van der Waals surface area contributed by atoms with E-state index in [2.05, 4.69) is 27.8 Å². The van der Waals surface area contributed by atoms with Crippen LogP contribution in [0.4, 0.5) is 0 Å². The maximum absolute atomic E-state index is 12.1. The average molecular weight is 368 g/mol. The Kier molecular flexibility index (Phi) is 8.51. The molecule has 120 valence electrons. The number of carboxylic acid groups (broad SMARTS) is 1. The number of hydrogen-bond acceptors (Lipinski definition) is 2. The van der Waals surface area contributed by atoms with Gasteiger partial charge in [-0.05, 0) is 37.5 Å².